The molecule has 1 heterocycles. The lowest BCUT2D eigenvalue weighted by Crippen LogP contribution is -2.17. The molecule has 0 aliphatic carbocycles. The number of carbonyl (C=O) groups is 1. The van der Waals surface area contributed by atoms with Gasteiger partial charge in [-0.1, -0.05) is 11.6 Å². The number of aromatic nitrogens is 2. The Hall–Kier alpha value is -2.41. The predicted octanol–water partition coefficient (Wildman–Crippen LogP) is 2.08. The second kappa shape index (κ2) is 5.49. The number of hydrogen-bond donors (Lipinski definition) is 1. The molecular formula is C11H9ClN4O3. The number of hydrogen-bond acceptors (Lipinski definition) is 4. The van der Waals surface area contributed by atoms with Gasteiger partial charge >= 0.3 is 5.82 Å². The fourth-order valence-electron chi connectivity index (χ4n) is 1.43. The molecule has 0 radical (unpaired) electrons. The summed E-state index contributed by atoms with van der Waals surface area (Å²) < 4.78 is 1.34. The standard InChI is InChI=1S/C11H9ClN4O3/c12-8-1-3-9(4-2-8)14-11(17)6-15-5-10(13-7-15)16(18)19/h1-5,7H,6H2,(H,14,17). The maximum absolute atomic E-state index is 11.7. The highest BCUT2D eigenvalue weighted by molar-refractivity contribution is 6.30. The monoisotopic (exact) mass is 280 g/mol. The molecule has 0 bridgehead atoms. The Balaban J connectivity index is 1.97. The molecule has 1 N–H and O–H groups in total. The first-order valence-electron chi connectivity index (χ1n) is 5.26. The molecule has 0 saturated heterocycles. The minimum atomic E-state index is -0.617. The lowest BCUT2D eigenvalue weighted by molar-refractivity contribution is -0.389. The molecule has 0 aliphatic rings. The molecule has 0 atom stereocenters. The second-order valence-electron chi connectivity index (χ2n) is 3.72. The smallest absolute Gasteiger partial charge is 0.358 e. The predicted molar refractivity (Wildman–Crippen MR) is 69.0 cm³/mol. The summed E-state index contributed by atoms with van der Waals surface area (Å²) in [6.07, 6.45) is 2.43. The van der Waals surface area contributed by atoms with E-state index in [1.54, 1.807) is 24.3 Å². The Kier molecular flexibility index (Phi) is 3.76. The van der Waals surface area contributed by atoms with Crippen LogP contribution in [0.5, 0.6) is 0 Å². The van der Waals surface area contributed by atoms with Gasteiger partial charge < -0.3 is 20.0 Å². The van der Waals surface area contributed by atoms with Gasteiger partial charge in [0.2, 0.25) is 12.2 Å². The van der Waals surface area contributed by atoms with E-state index < -0.39 is 4.92 Å². The van der Waals surface area contributed by atoms with Gasteiger partial charge in [0.15, 0.2) is 0 Å². The van der Waals surface area contributed by atoms with Gasteiger partial charge in [-0.15, -0.1) is 0 Å². The first kappa shape index (κ1) is 13.0. The number of nitro groups is 1. The highest BCUT2D eigenvalue weighted by Crippen LogP contribution is 2.13. The molecule has 8 heteroatoms. The number of imidazole rings is 1. The molecule has 1 aromatic carbocycles. The van der Waals surface area contributed by atoms with Crippen molar-refractivity contribution < 1.29 is 9.72 Å². The van der Waals surface area contributed by atoms with Crippen LogP contribution in [0, 0.1) is 10.1 Å². The zero-order chi connectivity index (χ0) is 13.8. The van der Waals surface area contributed by atoms with Gasteiger partial charge in [0.05, 0.1) is 0 Å². The molecule has 1 aromatic heterocycles. The Morgan fingerprint density at radius 1 is 1.42 bits per heavy atom. The summed E-state index contributed by atoms with van der Waals surface area (Å²) in [5, 5.41) is 13.7. The van der Waals surface area contributed by atoms with Crippen LogP contribution in [0.2, 0.25) is 5.02 Å². The quantitative estimate of drug-likeness (QED) is 0.686. The van der Waals surface area contributed by atoms with Gasteiger partial charge in [-0.05, 0) is 34.2 Å². The number of benzene rings is 1. The van der Waals surface area contributed by atoms with Gasteiger partial charge in [-0.25, -0.2) is 0 Å². The number of amides is 1. The van der Waals surface area contributed by atoms with E-state index in [1.165, 1.54) is 17.1 Å². The van der Waals surface area contributed by atoms with E-state index in [1.807, 2.05) is 0 Å². The van der Waals surface area contributed by atoms with Gasteiger partial charge in [0.1, 0.15) is 12.7 Å². The summed E-state index contributed by atoms with van der Waals surface area (Å²) in [6.45, 7) is -0.0521. The summed E-state index contributed by atoms with van der Waals surface area (Å²) >= 11 is 5.72. The average molecular weight is 281 g/mol. The Morgan fingerprint density at radius 3 is 2.68 bits per heavy atom. The third-order valence-corrected chi connectivity index (χ3v) is 2.51. The van der Waals surface area contributed by atoms with Crippen LogP contribution in [0.1, 0.15) is 0 Å². The Bertz CT molecular complexity index is 609. The molecule has 0 aliphatic heterocycles. The van der Waals surface area contributed by atoms with Gasteiger partial charge in [-0.2, -0.15) is 0 Å². The molecule has 19 heavy (non-hydrogen) atoms. The third kappa shape index (κ3) is 3.52. The molecule has 0 unspecified atom stereocenters. The van der Waals surface area contributed by atoms with Crippen molar-refractivity contribution in [3.8, 4) is 0 Å². The zero-order valence-corrected chi connectivity index (χ0v) is 10.4. The maximum atomic E-state index is 11.7. The van der Waals surface area contributed by atoms with Crippen LogP contribution in [0.4, 0.5) is 11.5 Å². The summed E-state index contributed by atoms with van der Waals surface area (Å²) in [5.41, 5.74) is 0.601. The SMILES string of the molecule is O=C(Cn1cnc([N+](=O)[O-])c1)Nc1ccc(Cl)cc1. The van der Waals surface area contributed by atoms with Crippen molar-refractivity contribution in [2.45, 2.75) is 6.54 Å². The van der Waals surface area contributed by atoms with Gasteiger partial charge in [0.25, 0.3) is 0 Å². The topological polar surface area (TPSA) is 90.1 Å². The van der Waals surface area contributed by atoms with Crippen molar-refractivity contribution in [1.29, 1.82) is 0 Å². The van der Waals surface area contributed by atoms with E-state index in [2.05, 4.69) is 10.3 Å². The van der Waals surface area contributed by atoms with E-state index in [0.29, 0.717) is 10.7 Å². The molecule has 98 valence electrons. The van der Waals surface area contributed by atoms with Gasteiger partial charge in [0, 0.05) is 10.7 Å². The summed E-state index contributed by atoms with van der Waals surface area (Å²) in [6, 6.07) is 6.63. The van der Waals surface area contributed by atoms with E-state index in [0.717, 1.165) is 0 Å². The van der Waals surface area contributed by atoms with Crippen LogP contribution >= 0.6 is 11.6 Å². The first-order chi connectivity index (χ1) is 9.04. The molecule has 0 spiro atoms. The van der Waals surface area contributed by atoms with Crippen molar-refractivity contribution in [2.24, 2.45) is 0 Å². The molecule has 7 nitrogen and oxygen atoms in total. The van der Waals surface area contributed by atoms with Gasteiger partial charge in [-0.3, -0.25) is 4.79 Å². The number of halogens is 1. The number of rotatable bonds is 4. The van der Waals surface area contributed by atoms with E-state index in [4.69, 9.17) is 11.6 Å². The minimum absolute atomic E-state index is 0.0521. The first-order valence-corrected chi connectivity index (χ1v) is 5.64. The number of carbonyl (C=O) groups excluding carboxylic acids is 1. The van der Waals surface area contributed by atoms with Crippen LogP contribution in [-0.4, -0.2) is 20.4 Å². The van der Waals surface area contributed by atoms with E-state index in [9.17, 15) is 14.9 Å². The van der Waals surface area contributed by atoms with Crippen LogP contribution in [0.3, 0.4) is 0 Å². The fraction of sp³-hybridized carbons (Fsp3) is 0.0909. The fourth-order valence-corrected chi connectivity index (χ4v) is 1.55. The van der Waals surface area contributed by atoms with Crippen LogP contribution < -0.4 is 5.32 Å². The van der Waals surface area contributed by atoms with Crippen molar-refractivity contribution in [2.75, 3.05) is 5.32 Å². The van der Waals surface area contributed by atoms with Crippen molar-refractivity contribution in [3.05, 3.63) is 51.9 Å². The lowest BCUT2D eigenvalue weighted by Gasteiger charge is -2.04. The largest absolute Gasteiger partial charge is 0.381 e. The maximum Gasteiger partial charge on any atom is 0.381 e. The number of nitrogens with one attached hydrogen (secondary N) is 1. The molecule has 0 fully saturated rings. The Morgan fingerprint density at radius 2 is 2.11 bits per heavy atom. The van der Waals surface area contributed by atoms with E-state index >= 15 is 0 Å². The molecule has 2 aromatic rings. The van der Waals surface area contributed by atoms with Crippen molar-refractivity contribution >= 4 is 29.0 Å². The molecule has 0 saturated carbocycles. The second-order valence-corrected chi connectivity index (χ2v) is 4.15. The van der Waals surface area contributed by atoms with Crippen LogP contribution in [-0.2, 0) is 11.3 Å². The highest BCUT2D eigenvalue weighted by atomic mass is 35.5. The highest BCUT2D eigenvalue weighted by Gasteiger charge is 2.12. The number of anilines is 1. The summed E-state index contributed by atoms with van der Waals surface area (Å²) in [7, 11) is 0. The number of nitrogens with zero attached hydrogens (tertiary/aromatic N) is 3. The normalized spacial score (nSPS) is 10.2. The average Bonchev–Trinajstić information content (AvgIpc) is 2.80. The minimum Gasteiger partial charge on any atom is -0.358 e. The van der Waals surface area contributed by atoms with Crippen molar-refractivity contribution in [3.63, 3.8) is 0 Å². The van der Waals surface area contributed by atoms with Crippen LogP contribution in [0.15, 0.2) is 36.8 Å². The molecular weight excluding hydrogens is 272 g/mol. The zero-order valence-electron chi connectivity index (χ0n) is 9.62. The van der Waals surface area contributed by atoms with Crippen LogP contribution in [0.25, 0.3) is 0 Å². The molecule has 2 rings (SSSR count). The molecule has 1 amide bonds. The van der Waals surface area contributed by atoms with Crippen molar-refractivity contribution in [1.82, 2.24) is 9.55 Å². The lowest BCUT2D eigenvalue weighted by atomic mass is 10.3. The summed E-state index contributed by atoms with van der Waals surface area (Å²) in [5.74, 6) is -0.603. The third-order valence-electron chi connectivity index (χ3n) is 2.26. The summed E-state index contributed by atoms with van der Waals surface area (Å²) in [4.78, 5) is 25.1. The van der Waals surface area contributed by atoms with E-state index in [-0.39, 0.29) is 18.3 Å². The Labute approximate surface area is 113 Å².